The Balaban J connectivity index is 1.80. The van der Waals surface area contributed by atoms with Crippen LogP contribution in [0.3, 0.4) is 0 Å². The van der Waals surface area contributed by atoms with Gasteiger partial charge in [0, 0.05) is 29.2 Å². The summed E-state index contributed by atoms with van der Waals surface area (Å²) < 4.78 is 5.78. The molecule has 6 heteroatoms. The zero-order valence-electron chi connectivity index (χ0n) is 13.9. The Morgan fingerprint density at radius 1 is 1.04 bits per heavy atom. The molecule has 126 valence electrons. The van der Waals surface area contributed by atoms with Gasteiger partial charge in [-0.05, 0) is 38.1 Å². The highest BCUT2D eigenvalue weighted by molar-refractivity contribution is 6.29. The van der Waals surface area contributed by atoms with E-state index in [-0.39, 0.29) is 12.2 Å². The minimum absolute atomic E-state index is 0.128. The zero-order valence-corrected chi connectivity index (χ0v) is 14.6. The molecular formula is C19H16ClN3O2. The second kappa shape index (κ2) is 7.40. The van der Waals surface area contributed by atoms with E-state index in [1.54, 1.807) is 36.5 Å². The van der Waals surface area contributed by atoms with Gasteiger partial charge in [-0.3, -0.25) is 9.78 Å². The van der Waals surface area contributed by atoms with Crippen LogP contribution in [0.2, 0.25) is 5.15 Å². The lowest BCUT2D eigenvalue weighted by Crippen LogP contribution is -2.08. The van der Waals surface area contributed by atoms with Gasteiger partial charge in [-0.1, -0.05) is 17.7 Å². The number of carbonyl (C=O) groups is 1. The summed E-state index contributed by atoms with van der Waals surface area (Å²) in [5.41, 5.74) is 2.53. The summed E-state index contributed by atoms with van der Waals surface area (Å²) in [5, 5.41) is 0.360. The molecule has 0 aromatic carbocycles. The summed E-state index contributed by atoms with van der Waals surface area (Å²) in [6, 6.07) is 12.3. The molecule has 0 radical (unpaired) electrons. The molecule has 3 aromatic heterocycles. The van der Waals surface area contributed by atoms with Gasteiger partial charge in [0.1, 0.15) is 22.3 Å². The van der Waals surface area contributed by atoms with Gasteiger partial charge >= 0.3 is 0 Å². The number of pyridine rings is 3. The van der Waals surface area contributed by atoms with Crippen LogP contribution in [0.5, 0.6) is 11.5 Å². The average Bonchev–Trinajstić information content (AvgIpc) is 2.56. The number of aryl methyl sites for hydroxylation is 2. The Kier molecular flexibility index (Phi) is 5.05. The van der Waals surface area contributed by atoms with Crippen LogP contribution in [-0.4, -0.2) is 20.7 Å². The van der Waals surface area contributed by atoms with Crippen LogP contribution >= 0.6 is 11.6 Å². The Hall–Kier alpha value is -2.79. The van der Waals surface area contributed by atoms with Crippen molar-refractivity contribution in [2.75, 3.05) is 0 Å². The third-order valence-electron chi connectivity index (χ3n) is 3.45. The van der Waals surface area contributed by atoms with E-state index in [0.717, 1.165) is 5.69 Å². The minimum Gasteiger partial charge on any atom is -0.456 e. The fraction of sp³-hybridized carbons (Fsp3) is 0.158. The zero-order chi connectivity index (χ0) is 17.8. The van der Waals surface area contributed by atoms with E-state index in [2.05, 4.69) is 15.0 Å². The number of nitrogens with zero attached hydrogens (tertiary/aromatic N) is 3. The molecule has 0 saturated heterocycles. The van der Waals surface area contributed by atoms with Crippen molar-refractivity contribution in [1.29, 1.82) is 0 Å². The molecule has 0 aliphatic heterocycles. The summed E-state index contributed by atoms with van der Waals surface area (Å²) in [6.07, 6.45) is 1.77. The molecule has 25 heavy (non-hydrogen) atoms. The lowest BCUT2D eigenvalue weighted by Gasteiger charge is -2.08. The molecule has 0 unspecified atom stereocenters. The molecule has 0 amide bonds. The number of hydrogen-bond donors (Lipinski definition) is 0. The highest BCUT2D eigenvalue weighted by Crippen LogP contribution is 2.22. The molecule has 3 aromatic rings. The molecule has 0 saturated carbocycles. The van der Waals surface area contributed by atoms with Crippen molar-refractivity contribution < 1.29 is 9.53 Å². The number of Topliss-reactive ketones (excluding diaryl/α,β-unsaturated/α-hetero) is 1. The lowest BCUT2D eigenvalue weighted by atomic mass is 10.1. The van der Waals surface area contributed by atoms with Crippen molar-refractivity contribution in [2.45, 2.75) is 20.3 Å². The van der Waals surface area contributed by atoms with Crippen LogP contribution in [0.15, 0.2) is 48.7 Å². The van der Waals surface area contributed by atoms with Gasteiger partial charge in [0.15, 0.2) is 5.78 Å². The van der Waals surface area contributed by atoms with E-state index in [1.165, 1.54) is 0 Å². The Labute approximate surface area is 150 Å². The van der Waals surface area contributed by atoms with Gasteiger partial charge in [0.25, 0.3) is 0 Å². The van der Waals surface area contributed by atoms with E-state index >= 15 is 0 Å². The highest BCUT2D eigenvalue weighted by atomic mass is 35.5. The van der Waals surface area contributed by atoms with Crippen molar-refractivity contribution in [3.05, 3.63) is 76.6 Å². The average molecular weight is 354 g/mol. The van der Waals surface area contributed by atoms with Crippen LogP contribution in [0.25, 0.3) is 0 Å². The van der Waals surface area contributed by atoms with Crippen molar-refractivity contribution in [2.24, 2.45) is 0 Å². The Morgan fingerprint density at radius 2 is 1.88 bits per heavy atom. The number of ether oxygens (including phenoxy) is 1. The fourth-order valence-corrected chi connectivity index (χ4v) is 2.47. The molecule has 3 heterocycles. The topological polar surface area (TPSA) is 65.0 Å². The fourth-order valence-electron chi connectivity index (χ4n) is 2.29. The summed E-state index contributed by atoms with van der Waals surface area (Å²) in [4.78, 5) is 25.1. The van der Waals surface area contributed by atoms with Crippen molar-refractivity contribution in [3.8, 4) is 11.5 Å². The number of hydrogen-bond acceptors (Lipinski definition) is 5. The third-order valence-corrected chi connectivity index (χ3v) is 3.66. The molecule has 0 aliphatic carbocycles. The third kappa shape index (κ3) is 4.61. The maximum atomic E-state index is 12.5. The quantitative estimate of drug-likeness (QED) is 0.503. The smallest absolute Gasteiger partial charge is 0.187 e. The van der Waals surface area contributed by atoms with Crippen LogP contribution < -0.4 is 4.74 Å². The van der Waals surface area contributed by atoms with Crippen molar-refractivity contribution >= 4 is 17.4 Å². The van der Waals surface area contributed by atoms with Gasteiger partial charge in [0.2, 0.25) is 0 Å². The first-order valence-corrected chi connectivity index (χ1v) is 8.11. The molecule has 0 N–H and O–H groups in total. The number of carbonyl (C=O) groups excluding carboxylic acids is 1. The second-order valence-corrected chi connectivity index (χ2v) is 6.01. The monoisotopic (exact) mass is 353 g/mol. The number of ketones is 1. The normalized spacial score (nSPS) is 10.5. The first kappa shape index (κ1) is 17.0. The summed E-state index contributed by atoms with van der Waals surface area (Å²) in [7, 11) is 0. The molecule has 5 nitrogen and oxygen atoms in total. The summed E-state index contributed by atoms with van der Waals surface area (Å²) >= 11 is 5.86. The molecule has 0 aliphatic rings. The van der Waals surface area contributed by atoms with E-state index < -0.39 is 0 Å². The first-order valence-electron chi connectivity index (χ1n) is 7.73. The van der Waals surface area contributed by atoms with E-state index in [9.17, 15) is 4.79 Å². The number of rotatable bonds is 5. The molecule has 3 rings (SSSR count). The van der Waals surface area contributed by atoms with Crippen LogP contribution in [0, 0.1) is 13.8 Å². The van der Waals surface area contributed by atoms with Crippen LogP contribution in [0.1, 0.15) is 27.6 Å². The Bertz CT molecular complexity index is 911. The predicted molar refractivity (Wildman–Crippen MR) is 95.3 cm³/mol. The molecule has 0 bridgehead atoms. The number of halogens is 1. The van der Waals surface area contributed by atoms with Gasteiger partial charge < -0.3 is 4.74 Å². The lowest BCUT2D eigenvalue weighted by molar-refractivity contribution is 0.0986. The molecule has 0 atom stereocenters. The van der Waals surface area contributed by atoms with E-state index in [1.807, 2.05) is 26.0 Å². The minimum atomic E-state index is -0.148. The summed E-state index contributed by atoms with van der Waals surface area (Å²) in [6.45, 7) is 3.72. The molecule has 0 fully saturated rings. The van der Waals surface area contributed by atoms with E-state index in [0.29, 0.717) is 33.7 Å². The number of aromatic nitrogens is 3. The predicted octanol–water partition coefficient (Wildman–Crippen LogP) is 4.36. The van der Waals surface area contributed by atoms with Crippen molar-refractivity contribution in [1.82, 2.24) is 15.0 Å². The highest BCUT2D eigenvalue weighted by Gasteiger charge is 2.13. The van der Waals surface area contributed by atoms with Gasteiger partial charge in [0.05, 0.1) is 12.6 Å². The maximum absolute atomic E-state index is 12.5. The first-order chi connectivity index (χ1) is 12.0. The summed E-state index contributed by atoms with van der Waals surface area (Å²) in [5.74, 6) is 0.997. The van der Waals surface area contributed by atoms with Crippen LogP contribution in [0.4, 0.5) is 0 Å². The Morgan fingerprint density at radius 3 is 2.60 bits per heavy atom. The SMILES string of the molecule is Cc1ccc(Oc2cc(C)nc(C(=O)Cc3cccc(Cl)n3)c2)cn1. The van der Waals surface area contributed by atoms with Gasteiger partial charge in [-0.2, -0.15) is 0 Å². The van der Waals surface area contributed by atoms with Gasteiger partial charge in [-0.15, -0.1) is 0 Å². The second-order valence-electron chi connectivity index (χ2n) is 5.62. The maximum Gasteiger partial charge on any atom is 0.187 e. The molecule has 0 spiro atoms. The largest absolute Gasteiger partial charge is 0.456 e. The van der Waals surface area contributed by atoms with Crippen molar-refractivity contribution in [3.63, 3.8) is 0 Å². The van der Waals surface area contributed by atoms with Gasteiger partial charge in [-0.25, -0.2) is 9.97 Å². The standard InChI is InChI=1S/C19H16ClN3O2/c1-12-6-7-15(11-21-12)25-16-8-13(2)22-17(10-16)18(24)9-14-4-3-5-19(20)23-14/h3-8,10-11H,9H2,1-2H3. The van der Waals surface area contributed by atoms with E-state index in [4.69, 9.17) is 16.3 Å². The van der Waals surface area contributed by atoms with Crippen LogP contribution in [-0.2, 0) is 6.42 Å². The molecular weight excluding hydrogens is 338 g/mol.